The van der Waals surface area contributed by atoms with Gasteiger partial charge < -0.3 is 9.84 Å². The molecule has 3 aliphatic heterocycles. The van der Waals surface area contributed by atoms with Crippen LogP contribution in [-0.4, -0.2) is 40.5 Å². The van der Waals surface area contributed by atoms with Gasteiger partial charge >= 0.3 is 0 Å². The third-order valence-electron chi connectivity index (χ3n) is 6.83. The van der Waals surface area contributed by atoms with Gasteiger partial charge in [0.05, 0.1) is 5.60 Å². The van der Waals surface area contributed by atoms with Crippen molar-refractivity contribution in [2.45, 2.75) is 75.2 Å². The summed E-state index contributed by atoms with van der Waals surface area (Å²) in [4.78, 5) is 2.61. The molecule has 1 spiro atoms. The predicted octanol–water partition coefficient (Wildman–Crippen LogP) is 3.60. The average molecular weight is 333 g/mol. The minimum absolute atomic E-state index is 0.0771. The number of hydrogen-bond donors (Lipinski definition) is 1. The molecule has 4 atom stereocenters. The van der Waals surface area contributed by atoms with E-state index in [0.717, 1.165) is 51.6 Å². The molecule has 4 unspecified atom stereocenters. The van der Waals surface area contributed by atoms with Crippen LogP contribution in [0.1, 0.15) is 57.9 Å². The Bertz CT molecular complexity index is 621. The average Bonchev–Trinajstić information content (AvgIpc) is 2.89. The molecule has 3 fully saturated rings. The maximum Gasteiger partial charge on any atom is 0.155 e. The van der Waals surface area contributed by atoms with E-state index in [1.807, 2.05) is 12.1 Å². The van der Waals surface area contributed by atoms with Gasteiger partial charge in [0.25, 0.3) is 0 Å². The molecule has 3 nitrogen and oxygen atoms in total. The third kappa shape index (κ3) is 2.69. The molecule has 0 saturated carbocycles. The van der Waals surface area contributed by atoms with Crippen LogP contribution in [0.15, 0.2) is 24.3 Å². The molecule has 0 amide bonds. The fraction of sp³-hybridized carbons (Fsp3) is 0.700. The second-order valence-corrected chi connectivity index (χ2v) is 8.71. The first-order valence-corrected chi connectivity index (χ1v) is 9.20. The highest BCUT2D eigenvalue weighted by atomic mass is 19.1. The third-order valence-corrected chi connectivity index (χ3v) is 6.83. The highest BCUT2D eigenvalue weighted by molar-refractivity contribution is 5.27. The van der Waals surface area contributed by atoms with E-state index in [2.05, 4.69) is 18.7 Å². The molecule has 4 rings (SSSR count). The maximum atomic E-state index is 13.3. The number of aliphatic hydroxyl groups excluding tert-OH is 1. The summed E-state index contributed by atoms with van der Waals surface area (Å²) >= 11 is 0. The number of halogens is 1. The molecular weight excluding hydrogens is 305 g/mol. The molecule has 0 aliphatic carbocycles. The lowest BCUT2D eigenvalue weighted by atomic mass is 9.65. The normalized spacial score (nSPS) is 43.1. The first-order valence-electron chi connectivity index (χ1n) is 9.20. The van der Waals surface area contributed by atoms with E-state index in [4.69, 9.17) is 4.74 Å². The van der Waals surface area contributed by atoms with Gasteiger partial charge in [-0.05, 0) is 56.7 Å². The quantitative estimate of drug-likeness (QED) is 0.852. The lowest BCUT2D eigenvalue weighted by Gasteiger charge is -2.58. The number of rotatable bonds is 1. The van der Waals surface area contributed by atoms with E-state index in [1.54, 1.807) is 12.1 Å². The second kappa shape index (κ2) is 5.52. The Balaban J connectivity index is 1.53. The summed E-state index contributed by atoms with van der Waals surface area (Å²) in [5, 5.41) is 9.81. The van der Waals surface area contributed by atoms with Crippen molar-refractivity contribution in [3.05, 3.63) is 35.6 Å². The van der Waals surface area contributed by atoms with E-state index in [0.29, 0.717) is 0 Å². The number of aliphatic hydroxyl groups is 1. The van der Waals surface area contributed by atoms with E-state index >= 15 is 0 Å². The van der Waals surface area contributed by atoms with E-state index in [1.165, 1.54) is 5.56 Å². The molecule has 4 heteroatoms. The number of fused-ring (bicyclic) bond motifs is 1. The van der Waals surface area contributed by atoms with Crippen molar-refractivity contribution in [2.24, 2.45) is 0 Å². The van der Waals surface area contributed by atoms with Crippen LogP contribution < -0.4 is 0 Å². The zero-order chi connectivity index (χ0) is 17.0. The summed E-state index contributed by atoms with van der Waals surface area (Å²) in [5.41, 5.74) is 1.34. The first kappa shape index (κ1) is 16.5. The predicted molar refractivity (Wildman–Crippen MR) is 91.3 cm³/mol. The van der Waals surface area contributed by atoms with Crippen LogP contribution in [0.2, 0.25) is 0 Å². The van der Waals surface area contributed by atoms with Crippen LogP contribution in [0, 0.1) is 5.82 Å². The zero-order valence-corrected chi connectivity index (χ0v) is 14.7. The molecule has 3 saturated heterocycles. The molecule has 3 aliphatic rings. The van der Waals surface area contributed by atoms with Gasteiger partial charge in [-0.25, -0.2) is 4.39 Å². The molecule has 1 N–H and O–H groups in total. The summed E-state index contributed by atoms with van der Waals surface area (Å²) in [7, 11) is 0. The van der Waals surface area contributed by atoms with Gasteiger partial charge in [0.2, 0.25) is 0 Å². The molecule has 0 bridgehead atoms. The minimum atomic E-state index is -0.576. The Morgan fingerprint density at radius 1 is 1.12 bits per heavy atom. The van der Waals surface area contributed by atoms with Crippen LogP contribution in [0.3, 0.4) is 0 Å². The van der Waals surface area contributed by atoms with Crippen LogP contribution in [0.5, 0.6) is 0 Å². The minimum Gasteiger partial charge on any atom is -0.368 e. The van der Waals surface area contributed by atoms with E-state index in [-0.39, 0.29) is 22.4 Å². The highest BCUT2D eigenvalue weighted by Crippen LogP contribution is 2.50. The first-order chi connectivity index (χ1) is 11.3. The molecule has 1 aromatic rings. The van der Waals surface area contributed by atoms with E-state index in [9.17, 15) is 9.50 Å². The lowest BCUT2D eigenvalue weighted by Crippen LogP contribution is -2.63. The van der Waals surface area contributed by atoms with Gasteiger partial charge in [-0.3, -0.25) is 4.90 Å². The second-order valence-electron chi connectivity index (χ2n) is 8.71. The number of hydrogen-bond acceptors (Lipinski definition) is 3. The van der Waals surface area contributed by atoms with E-state index < -0.39 is 6.29 Å². The maximum absolute atomic E-state index is 13.3. The smallest absolute Gasteiger partial charge is 0.155 e. The molecule has 0 aromatic heterocycles. The number of piperidine rings is 2. The number of nitrogens with zero attached hydrogens (tertiary/aromatic N) is 1. The van der Waals surface area contributed by atoms with Gasteiger partial charge in [-0.2, -0.15) is 0 Å². The molecule has 0 radical (unpaired) electrons. The van der Waals surface area contributed by atoms with Crippen molar-refractivity contribution in [1.29, 1.82) is 0 Å². The van der Waals surface area contributed by atoms with Gasteiger partial charge in [0, 0.05) is 30.5 Å². The van der Waals surface area contributed by atoms with Crippen molar-refractivity contribution in [1.82, 2.24) is 4.90 Å². The van der Waals surface area contributed by atoms with Gasteiger partial charge in [-0.1, -0.05) is 19.1 Å². The Labute approximate surface area is 143 Å². The Morgan fingerprint density at radius 2 is 1.88 bits per heavy atom. The van der Waals surface area contributed by atoms with Gasteiger partial charge in [0.15, 0.2) is 6.29 Å². The fourth-order valence-corrected chi connectivity index (χ4v) is 5.26. The highest BCUT2D eigenvalue weighted by Gasteiger charge is 2.53. The molecule has 24 heavy (non-hydrogen) atoms. The largest absolute Gasteiger partial charge is 0.368 e. The molecule has 1 aromatic carbocycles. The van der Waals surface area contributed by atoms with Gasteiger partial charge in [0.1, 0.15) is 5.82 Å². The van der Waals surface area contributed by atoms with Crippen molar-refractivity contribution in [3.8, 4) is 0 Å². The summed E-state index contributed by atoms with van der Waals surface area (Å²) < 4.78 is 19.2. The Kier molecular flexibility index (Phi) is 3.79. The standard InChI is InChI=1S/C20H28FNO2/c1-18(15-3-5-16(21)6-4-15)9-10-19(2)13-20(8-7-17(23)24-20)11-12-22(19)14-18/h3-6,17,23H,7-14H2,1-2H3. The summed E-state index contributed by atoms with van der Waals surface area (Å²) in [5.74, 6) is -0.167. The van der Waals surface area contributed by atoms with Crippen molar-refractivity contribution < 1.29 is 14.2 Å². The SMILES string of the molecule is CC1(c2ccc(F)cc2)CCC2(C)CC3(CCC(O)O3)CCN2C1. The van der Waals surface area contributed by atoms with Crippen molar-refractivity contribution >= 4 is 0 Å². The van der Waals surface area contributed by atoms with Crippen molar-refractivity contribution in [2.75, 3.05) is 13.1 Å². The monoisotopic (exact) mass is 333 g/mol. The molecule has 3 heterocycles. The Hall–Kier alpha value is -0.970. The zero-order valence-electron chi connectivity index (χ0n) is 14.7. The molecule has 132 valence electrons. The van der Waals surface area contributed by atoms with Crippen LogP contribution in [0.25, 0.3) is 0 Å². The van der Waals surface area contributed by atoms with Gasteiger partial charge in [-0.15, -0.1) is 0 Å². The van der Waals surface area contributed by atoms with Crippen LogP contribution in [0.4, 0.5) is 4.39 Å². The number of ether oxygens (including phenoxy) is 1. The summed E-state index contributed by atoms with van der Waals surface area (Å²) in [6.45, 7) is 6.68. The Morgan fingerprint density at radius 3 is 2.54 bits per heavy atom. The summed E-state index contributed by atoms with van der Waals surface area (Å²) in [6.07, 6.45) is 5.39. The topological polar surface area (TPSA) is 32.7 Å². The van der Waals surface area contributed by atoms with Crippen LogP contribution in [-0.2, 0) is 10.2 Å². The fourth-order valence-electron chi connectivity index (χ4n) is 5.26. The summed E-state index contributed by atoms with van der Waals surface area (Å²) in [6, 6.07) is 7.04. The molecular formula is C20H28FNO2. The lowest BCUT2D eigenvalue weighted by molar-refractivity contribution is -0.180. The number of benzene rings is 1. The van der Waals surface area contributed by atoms with Crippen LogP contribution >= 0.6 is 0 Å². The van der Waals surface area contributed by atoms with Crippen molar-refractivity contribution in [3.63, 3.8) is 0 Å².